The summed E-state index contributed by atoms with van der Waals surface area (Å²) in [6, 6.07) is 3.47. The summed E-state index contributed by atoms with van der Waals surface area (Å²) in [5.41, 5.74) is 0.0884. The van der Waals surface area contributed by atoms with E-state index in [0.717, 1.165) is 0 Å². The van der Waals surface area contributed by atoms with Crippen LogP contribution < -0.4 is 5.32 Å². The van der Waals surface area contributed by atoms with Crippen molar-refractivity contribution in [3.63, 3.8) is 0 Å². The molecule has 0 aliphatic carbocycles. The average molecular weight is 273 g/mol. The molecule has 1 aromatic rings. The second-order valence-corrected chi connectivity index (χ2v) is 4.72. The maximum Gasteiger partial charge on any atom is 0.412 e. The van der Waals surface area contributed by atoms with E-state index in [1.165, 1.54) is 0 Å². The van der Waals surface area contributed by atoms with Crippen molar-refractivity contribution in [1.29, 1.82) is 0 Å². The third-order valence-electron chi connectivity index (χ3n) is 1.39. The lowest BCUT2D eigenvalue weighted by atomic mass is 10.2. The van der Waals surface area contributed by atoms with Crippen molar-refractivity contribution in [3.05, 3.63) is 22.9 Å². The van der Waals surface area contributed by atoms with Crippen LogP contribution in [0, 0.1) is 0 Å². The third-order valence-corrected chi connectivity index (χ3v) is 2.03. The van der Waals surface area contributed by atoms with Gasteiger partial charge >= 0.3 is 6.09 Å². The number of hydrogen-bond acceptors (Lipinski definition) is 3. The van der Waals surface area contributed by atoms with Crippen molar-refractivity contribution in [3.8, 4) is 0 Å². The van der Waals surface area contributed by atoms with Crippen LogP contribution in [0.15, 0.2) is 22.9 Å². The number of nitrogens with one attached hydrogen (secondary N) is 1. The Kier molecular flexibility index (Phi) is 3.68. The molecule has 1 N–H and O–H groups in total. The maximum absolute atomic E-state index is 11.4. The molecule has 0 spiro atoms. The van der Waals surface area contributed by atoms with Gasteiger partial charge < -0.3 is 4.74 Å². The minimum absolute atomic E-state index is 0.490. The zero-order chi connectivity index (χ0) is 11.5. The van der Waals surface area contributed by atoms with Crippen LogP contribution in [0.3, 0.4) is 0 Å². The van der Waals surface area contributed by atoms with Gasteiger partial charge in [-0.1, -0.05) is 0 Å². The molecule has 0 aromatic carbocycles. The fourth-order valence-corrected chi connectivity index (χ4v) is 1.24. The Morgan fingerprint density at radius 1 is 1.53 bits per heavy atom. The maximum atomic E-state index is 11.4. The Balaban J connectivity index is 2.64. The molecule has 0 fully saturated rings. The summed E-state index contributed by atoms with van der Waals surface area (Å²) in [4.78, 5) is 15.4. The highest BCUT2D eigenvalue weighted by Gasteiger charge is 2.16. The number of aromatic nitrogens is 1. The van der Waals surface area contributed by atoms with E-state index in [2.05, 4.69) is 26.2 Å². The lowest BCUT2D eigenvalue weighted by Crippen LogP contribution is -2.27. The van der Waals surface area contributed by atoms with E-state index in [9.17, 15) is 4.79 Å². The van der Waals surface area contributed by atoms with Crippen molar-refractivity contribution in [2.75, 3.05) is 5.32 Å². The Morgan fingerprint density at radius 3 is 2.73 bits per heavy atom. The fourth-order valence-electron chi connectivity index (χ4n) is 0.893. The van der Waals surface area contributed by atoms with Gasteiger partial charge in [-0.2, -0.15) is 0 Å². The predicted molar refractivity (Wildman–Crippen MR) is 61.8 cm³/mol. The van der Waals surface area contributed by atoms with Gasteiger partial charge in [0.05, 0.1) is 5.69 Å². The predicted octanol–water partition coefficient (Wildman–Crippen LogP) is 3.19. The van der Waals surface area contributed by atoms with Gasteiger partial charge in [-0.05, 0) is 48.8 Å². The van der Waals surface area contributed by atoms with Crippen LogP contribution in [0.5, 0.6) is 0 Å². The first-order valence-corrected chi connectivity index (χ1v) is 5.28. The largest absolute Gasteiger partial charge is 0.444 e. The van der Waals surface area contributed by atoms with Crippen molar-refractivity contribution in [1.82, 2.24) is 4.98 Å². The summed E-state index contributed by atoms with van der Waals surface area (Å²) in [5.74, 6) is 0. The number of pyridine rings is 1. The topological polar surface area (TPSA) is 51.2 Å². The van der Waals surface area contributed by atoms with Gasteiger partial charge in [-0.3, -0.25) is 5.32 Å². The van der Waals surface area contributed by atoms with E-state index in [1.807, 2.05) is 20.8 Å². The molecule has 4 nitrogen and oxygen atoms in total. The molecule has 1 heterocycles. The zero-order valence-corrected chi connectivity index (χ0v) is 10.5. The number of hydrogen-bond donors (Lipinski definition) is 1. The molecular weight excluding hydrogens is 260 g/mol. The minimum Gasteiger partial charge on any atom is -0.444 e. The van der Waals surface area contributed by atoms with Crippen LogP contribution in [-0.4, -0.2) is 16.7 Å². The highest BCUT2D eigenvalue weighted by atomic mass is 79.9. The standard InChI is InChI=1S/C10H13BrN2O2/c1-10(2,3)15-9(14)13-7-5-4-6-12-8(7)11/h4-6H,1-3H3,(H,13,14). The summed E-state index contributed by atoms with van der Waals surface area (Å²) < 4.78 is 5.68. The second kappa shape index (κ2) is 4.61. The summed E-state index contributed by atoms with van der Waals surface area (Å²) in [7, 11) is 0. The molecule has 5 heteroatoms. The van der Waals surface area contributed by atoms with Gasteiger partial charge in [0.15, 0.2) is 0 Å². The fraction of sp³-hybridized carbons (Fsp3) is 0.400. The zero-order valence-electron chi connectivity index (χ0n) is 8.87. The van der Waals surface area contributed by atoms with Crippen molar-refractivity contribution < 1.29 is 9.53 Å². The van der Waals surface area contributed by atoms with E-state index in [0.29, 0.717) is 10.3 Å². The van der Waals surface area contributed by atoms with Gasteiger partial charge in [0.2, 0.25) is 0 Å². The molecule has 0 unspecified atom stereocenters. The van der Waals surface area contributed by atoms with Crippen molar-refractivity contribution in [2.45, 2.75) is 26.4 Å². The van der Waals surface area contributed by atoms with Crippen LogP contribution in [0.25, 0.3) is 0 Å². The summed E-state index contributed by atoms with van der Waals surface area (Å²) >= 11 is 3.22. The number of amides is 1. The average Bonchev–Trinajstić information content (AvgIpc) is 2.05. The van der Waals surface area contributed by atoms with Gasteiger partial charge in [-0.25, -0.2) is 9.78 Å². The molecule has 0 atom stereocenters. The Bertz CT molecular complexity index is 361. The molecule has 1 aromatic heterocycles. The molecule has 15 heavy (non-hydrogen) atoms. The van der Waals surface area contributed by atoms with E-state index in [-0.39, 0.29) is 0 Å². The van der Waals surface area contributed by atoms with Crippen LogP contribution in [0.4, 0.5) is 10.5 Å². The molecule has 0 aliphatic rings. The molecule has 1 rings (SSSR count). The third kappa shape index (κ3) is 4.29. The molecule has 82 valence electrons. The van der Waals surface area contributed by atoms with Crippen molar-refractivity contribution in [2.24, 2.45) is 0 Å². The molecule has 1 amide bonds. The second-order valence-electron chi connectivity index (χ2n) is 3.97. The summed E-state index contributed by atoms with van der Waals surface area (Å²) in [6.45, 7) is 5.43. The van der Waals surface area contributed by atoms with Gasteiger partial charge in [0.25, 0.3) is 0 Å². The highest BCUT2D eigenvalue weighted by molar-refractivity contribution is 9.10. The van der Waals surface area contributed by atoms with Crippen LogP contribution >= 0.6 is 15.9 Å². The molecular formula is C10H13BrN2O2. The van der Waals surface area contributed by atoms with Gasteiger partial charge in [0.1, 0.15) is 10.2 Å². The van der Waals surface area contributed by atoms with Crippen LogP contribution in [-0.2, 0) is 4.74 Å². The number of carbonyl (C=O) groups excluding carboxylic acids is 1. The molecule has 0 bridgehead atoms. The van der Waals surface area contributed by atoms with Gasteiger partial charge in [0, 0.05) is 6.20 Å². The lowest BCUT2D eigenvalue weighted by Gasteiger charge is -2.19. The van der Waals surface area contributed by atoms with Crippen LogP contribution in [0.2, 0.25) is 0 Å². The number of rotatable bonds is 1. The first-order chi connectivity index (χ1) is 6.88. The van der Waals surface area contributed by atoms with Gasteiger partial charge in [-0.15, -0.1) is 0 Å². The van der Waals surface area contributed by atoms with E-state index >= 15 is 0 Å². The van der Waals surface area contributed by atoms with E-state index in [4.69, 9.17) is 4.74 Å². The first kappa shape index (κ1) is 12.0. The molecule has 0 radical (unpaired) electrons. The smallest absolute Gasteiger partial charge is 0.412 e. The van der Waals surface area contributed by atoms with E-state index in [1.54, 1.807) is 18.3 Å². The number of nitrogens with zero attached hydrogens (tertiary/aromatic N) is 1. The summed E-state index contributed by atoms with van der Waals surface area (Å²) in [5, 5.41) is 2.60. The Hall–Kier alpha value is -1.10. The summed E-state index contributed by atoms with van der Waals surface area (Å²) in [6.07, 6.45) is 1.14. The number of halogens is 1. The normalized spacial score (nSPS) is 10.9. The molecule has 0 aliphatic heterocycles. The number of carbonyl (C=O) groups is 1. The monoisotopic (exact) mass is 272 g/mol. The minimum atomic E-state index is -0.501. The lowest BCUT2D eigenvalue weighted by molar-refractivity contribution is 0.0636. The highest BCUT2D eigenvalue weighted by Crippen LogP contribution is 2.19. The number of ether oxygens (including phenoxy) is 1. The van der Waals surface area contributed by atoms with Crippen molar-refractivity contribution >= 4 is 27.7 Å². The Morgan fingerprint density at radius 2 is 2.20 bits per heavy atom. The quantitative estimate of drug-likeness (QED) is 0.799. The molecule has 0 saturated heterocycles. The van der Waals surface area contributed by atoms with E-state index < -0.39 is 11.7 Å². The number of anilines is 1. The SMILES string of the molecule is CC(C)(C)OC(=O)Nc1cccnc1Br. The van der Waals surface area contributed by atoms with Crippen LogP contribution in [0.1, 0.15) is 20.8 Å². The Labute approximate surface area is 97.2 Å². The first-order valence-electron chi connectivity index (χ1n) is 4.49. The molecule has 0 saturated carbocycles.